The second-order valence-corrected chi connectivity index (χ2v) is 8.34. The van der Waals surface area contributed by atoms with Gasteiger partial charge in [0.2, 0.25) is 0 Å². The normalized spacial score (nSPS) is 12.1. The van der Waals surface area contributed by atoms with Gasteiger partial charge in [-0.1, -0.05) is 104 Å². The Bertz CT molecular complexity index is 991. The van der Waals surface area contributed by atoms with E-state index in [0.29, 0.717) is 26.1 Å². The number of hydrogen-bond donors (Lipinski definition) is 0. The van der Waals surface area contributed by atoms with E-state index in [4.69, 9.17) is 4.74 Å². The Morgan fingerprint density at radius 1 is 0.765 bits per heavy atom. The van der Waals surface area contributed by atoms with Crippen LogP contribution in [-0.2, 0) is 33.8 Å². The van der Waals surface area contributed by atoms with Crippen molar-refractivity contribution in [3.8, 4) is 0 Å². The van der Waals surface area contributed by atoms with E-state index in [9.17, 15) is 9.59 Å². The smallest absolute Gasteiger partial charge is 0.330 e. The molecule has 0 spiro atoms. The van der Waals surface area contributed by atoms with Crippen molar-refractivity contribution < 1.29 is 14.3 Å². The maximum Gasteiger partial charge on any atom is 0.330 e. The van der Waals surface area contributed by atoms with Gasteiger partial charge in [0.05, 0.1) is 12.6 Å². The van der Waals surface area contributed by atoms with Gasteiger partial charge in [-0.25, -0.2) is 4.79 Å². The number of ketones is 1. The number of carbonyl (C=O) groups is 2. The van der Waals surface area contributed by atoms with Crippen molar-refractivity contribution in [2.75, 3.05) is 6.61 Å². The first kappa shape index (κ1) is 25.1. The van der Waals surface area contributed by atoms with Gasteiger partial charge < -0.3 is 4.74 Å². The molecule has 0 saturated carbocycles. The summed E-state index contributed by atoms with van der Waals surface area (Å²) in [6.45, 7) is 3.65. The summed E-state index contributed by atoms with van der Waals surface area (Å²) in [5.41, 5.74) is 3.34. The van der Waals surface area contributed by atoms with Crippen LogP contribution in [-0.4, -0.2) is 29.3 Å². The van der Waals surface area contributed by atoms with Crippen molar-refractivity contribution in [3.63, 3.8) is 0 Å². The highest BCUT2D eigenvalue weighted by atomic mass is 16.5. The van der Waals surface area contributed by atoms with Gasteiger partial charge in [0.25, 0.3) is 0 Å². The molecule has 3 aromatic carbocycles. The fourth-order valence-electron chi connectivity index (χ4n) is 3.79. The molecule has 3 rings (SSSR count). The number of unbranched alkanes of at least 4 members (excludes halogenated alkanes) is 1. The van der Waals surface area contributed by atoms with Crippen molar-refractivity contribution in [2.45, 2.75) is 45.3 Å². The van der Waals surface area contributed by atoms with Crippen LogP contribution < -0.4 is 0 Å². The molecule has 0 saturated heterocycles. The van der Waals surface area contributed by atoms with Crippen LogP contribution >= 0.6 is 0 Å². The second-order valence-electron chi connectivity index (χ2n) is 8.34. The van der Waals surface area contributed by atoms with E-state index in [-0.39, 0.29) is 5.78 Å². The number of hydrogen-bond acceptors (Lipinski definition) is 4. The summed E-state index contributed by atoms with van der Waals surface area (Å²) in [6, 6.07) is 29.9. The van der Waals surface area contributed by atoms with Crippen LogP contribution in [0.2, 0.25) is 0 Å². The summed E-state index contributed by atoms with van der Waals surface area (Å²) in [6.07, 6.45) is 4.95. The lowest BCUT2D eigenvalue weighted by molar-refractivity contribution is -0.138. The van der Waals surface area contributed by atoms with Crippen LogP contribution in [0.4, 0.5) is 0 Å². The first-order chi connectivity index (χ1) is 16.7. The topological polar surface area (TPSA) is 46.6 Å². The summed E-state index contributed by atoms with van der Waals surface area (Å²) < 4.78 is 5.19. The maximum absolute atomic E-state index is 13.5. The molecule has 0 aromatic heterocycles. The van der Waals surface area contributed by atoms with E-state index in [1.165, 1.54) is 12.2 Å². The molecule has 0 aliphatic rings. The minimum atomic E-state index is -0.474. The number of benzene rings is 3. The Morgan fingerprint density at radius 2 is 1.26 bits per heavy atom. The van der Waals surface area contributed by atoms with Gasteiger partial charge in [-0.15, -0.1) is 0 Å². The molecule has 0 aliphatic carbocycles. The molecule has 0 N–H and O–H groups in total. The summed E-state index contributed by atoms with van der Waals surface area (Å²) in [7, 11) is 0. The van der Waals surface area contributed by atoms with Gasteiger partial charge in [0, 0.05) is 19.2 Å². The molecular weight excluding hydrogens is 422 g/mol. The summed E-state index contributed by atoms with van der Waals surface area (Å²) in [5, 5.41) is 0. The fraction of sp³-hybridized carbons (Fsp3) is 0.267. The lowest BCUT2D eigenvalue weighted by Crippen LogP contribution is -2.41. The molecule has 0 unspecified atom stereocenters. The molecule has 4 heteroatoms. The molecule has 0 heterocycles. The Kier molecular flexibility index (Phi) is 10.3. The quantitative estimate of drug-likeness (QED) is 0.187. The monoisotopic (exact) mass is 455 g/mol. The average Bonchev–Trinajstić information content (AvgIpc) is 2.87. The van der Waals surface area contributed by atoms with E-state index in [2.05, 4.69) is 29.2 Å². The minimum absolute atomic E-state index is 0.108. The summed E-state index contributed by atoms with van der Waals surface area (Å²) in [5.74, 6) is -0.582. The Balaban J connectivity index is 1.87. The van der Waals surface area contributed by atoms with Crippen LogP contribution in [0.25, 0.3) is 0 Å². The second kappa shape index (κ2) is 13.9. The van der Waals surface area contributed by atoms with Gasteiger partial charge in [0.15, 0.2) is 5.78 Å². The Hall–Kier alpha value is -3.50. The molecule has 1 atom stereocenters. The molecule has 0 bridgehead atoms. The average molecular weight is 456 g/mol. The van der Waals surface area contributed by atoms with Crippen molar-refractivity contribution in [1.82, 2.24) is 4.90 Å². The molecular formula is C30H33NO3. The zero-order valence-electron chi connectivity index (χ0n) is 19.8. The molecule has 3 aromatic rings. The number of rotatable bonds is 13. The van der Waals surface area contributed by atoms with E-state index in [1.54, 1.807) is 0 Å². The van der Waals surface area contributed by atoms with E-state index in [0.717, 1.165) is 29.5 Å². The lowest BCUT2D eigenvalue weighted by atomic mass is 9.98. The molecule has 176 valence electrons. The number of carbonyl (C=O) groups excluding carboxylic acids is 2. The largest absolute Gasteiger partial charge is 0.463 e. The standard InChI is InChI=1S/C30H33NO3/c1-2-3-21-34-30(33)20-19-29(32)28(22-25-13-7-4-8-14-25)31(23-26-15-9-5-10-16-26)24-27-17-11-6-12-18-27/h4-20,28H,2-3,21-24H2,1H3/b20-19+/t28-/m0/s1. The molecule has 4 nitrogen and oxygen atoms in total. The lowest BCUT2D eigenvalue weighted by Gasteiger charge is -2.30. The predicted octanol–water partition coefficient (Wildman–Crippen LogP) is 5.77. The first-order valence-corrected chi connectivity index (χ1v) is 11.9. The van der Waals surface area contributed by atoms with Crippen LogP contribution in [0.1, 0.15) is 36.5 Å². The van der Waals surface area contributed by atoms with Crippen molar-refractivity contribution in [3.05, 3.63) is 120 Å². The summed E-state index contributed by atoms with van der Waals surface area (Å²) >= 11 is 0. The highest BCUT2D eigenvalue weighted by Crippen LogP contribution is 2.18. The van der Waals surface area contributed by atoms with Crippen LogP contribution in [0, 0.1) is 0 Å². The molecule has 0 fully saturated rings. The van der Waals surface area contributed by atoms with E-state index in [1.807, 2.05) is 73.7 Å². The molecule has 0 radical (unpaired) electrons. The highest BCUT2D eigenvalue weighted by Gasteiger charge is 2.25. The van der Waals surface area contributed by atoms with Crippen molar-refractivity contribution in [2.24, 2.45) is 0 Å². The minimum Gasteiger partial charge on any atom is -0.463 e. The van der Waals surface area contributed by atoms with Gasteiger partial charge in [-0.2, -0.15) is 0 Å². The number of nitrogens with zero attached hydrogens (tertiary/aromatic N) is 1. The van der Waals surface area contributed by atoms with Crippen LogP contribution in [0.15, 0.2) is 103 Å². The third-order valence-corrected chi connectivity index (χ3v) is 5.62. The van der Waals surface area contributed by atoms with Gasteiger partial charge >= 0.3 is 5.97 Å². The van der Waals surface area contributed by atoms with Gasteiger partial charge in [-0.3, -0.25) is 9.69 Å². The molecule has 34 heavy (non-hydrogen) atoms. The van der Waals surface area contributed by atoms with E-state index < -0.39 is 12.0 Å². The first-order valence-electron chi connectivity index (χ1n) is 11.9. The van der Waals surface area contributed by atoms with Crippen molar-refractivity contribution in [1.29, 1.82) is 0 Å². The predicted molar refractivity (Wildman–Crippen MR) is 136 cm³/mol. The van der Waals surface area contributed by atoms with Crippen LogP contribution in [0.3, 0.4) is 0 Å². The third kappa shape index (κ3) is 8.45. The number of ether oxygens (including phenoxy) is 1. The third-order valence-electron chi connectivity index (χ3n) is 5.62. The summed E-state index contributed by atoms with van der Waals surface area (Å²) in [4.78, 5) is 27.7. The molecule has 0 amide bonds. The Labute approximate surface area is 202 Å². The zero-order valence-corrected chi connectivity index (χ0v) is 19.8. The van der Waals surface area contributed by atoms with E-state index >= 15 is 0 Å². The zero-order chi connectivity index (χ0) is 24.0. The maximum atomic E-state index is 13.5. The Morgan fingerprint density at radius 3 is 1.76 bits per heavy atom. The van der Waals surface area contributed by atoms with Crippen LogP contribution in [0.5, 0.6) is 0 Å². The SMILES string of the molecule is CCCCOC(=O)/C=C/C(=O)[C@H](Cc1ccccc1)N(Cc1ccccc1)Cc1ccccc1. The van der Waals surface area contributed by atoms with Crippen molar-refractivity contribution >= 4 is 11.8 Å². The van der Waals surface area contributed by atoms with Gasteiger partial charge in [0.1, 0.15) is 0 Å². The molecule has 0 aliphatic heterocycles. The van der Waals surface area contributed by atoms with Gasteiger partial charge in [-0.05, 0) is 35.6 Å². The fourth-order valence-corrected chi connectivity index (χ4v) is 3.79. The highest BCUT2D eigenvalue weighted by molar-refractivity contribution is 5.99. The number of esters is 1.